The number of hydrogen-bond donors (Lipinski definition) is 0. The van der Waals surface area contributed by atoms with Crippen molar-refractivity contribution in [3.8, 4) is 0 Å². The fourth-order valence-electron chi connectivity index (χ4n) is 2.39. The summed E-state index contributed by atoms with van der Waals surface area (Å²) in [4.78, 5) is 11.4. The molecule has 0 saturated heterocycles. The van der Waals surface area contributed by atoms with Crippen LogP contribution in [-0.4, -0.2) is 5.78 Å². The molecule has 1 unspecified atom stereocenters. The molecule has 1 aromatic heterocycles. The first kappa shape index (κ1) is 14.1. The van der Waals surface area contributed by atoms with E-state index in [1.54, 1.807) is 6.92 Å². The molecule has 0 fully saturated rings. The van der Waals surface area contributed by atoms with Crippen molar-refractivity contribution in [1.29, 1.82) is 0 Å². The predicted molar refractivity (Wildman–Crippen MR) is 63.5 cm³/mol. The van der Waals surface area contributed by atoms with Gasteiger partial charge in [0.05, 0.1) is 0 Å². The summed E-state index contributed by atoms with van der Waals surface area (Å²) >= 11 is 0. The highest BCUT2D eigenvalue weighted by Gasteiger charge is 2.26. The molecular formula is C14H18BrNO. The van der Waals surface area contributed by atoms with Crippen LogP contribution in [0.1, 0.15) is 33.1 Å². The maximum absolute atomic E-state index is 11.4. The van der Waals surface area contributed by atoms with E-state index in [0.717, 1.165) is 19.3 Å². The van der Waals surface area contributed by atoms with Crippen molar-refractivity contribution in [2.24, 2.45) is 5.92 Å². The van der Waals surface area contributed by atoms with Crippen LogP contribution in [0.3, 0.4) is 0 Å². The third kappa shape index (κ3) is 3.25. The highest BCUT2D eigenvalue weighted by molar-refractivity contribution is 5.79. The Morgan fingerprint density at radius 2 is 1.94 bits per heavy atom. The number of aromatic nitrogens is 1. The number of rotatable bonds is 2. The van der Waals surface area contributed by atoms with Gasteiger partial charge < -0.3 is 17.0 Å². The minimum Gasteiger partial charge on any atom is -1.00 e. The van der Waals surface area contributed by atoms with Crippen molar-refractivity contribution in [2.45, 2.75) is 33.1 Å². The minimum atomic E-state index is 0. The van der Waals surface area contributed by atoms with Crippen LogP contribution in [0.4, 0.5) is 0 Å². The first-order chi connectivity index (χ1) is 7.68. The number of nitrogens with zero attached hydrogens (tertiary/aromatic N) is 1. The average molecular weight is 296 g/mol. The second-order valence-corrected chi connectivity index (χ2v) is 4.56. The monoisotopic (exact) mass is 295 g/mol. The van der Waals surface area contributed by atoms with E-state index in [1.807, 2.05) is 18.2 Å². The van der Waals surface area contributed by atoms with Gasteiger partial charge in [-0.1, -0.05) is 6.07 Å². The van der Waals surface area contributed by atoms with Gasteiger partial charge in [-0.2, -0.15) is 4.57 Å². The molecule has 1 aliphatic rings. The van der Waals surface area contributed by atoms with Gasteiger partial charge in [-0.3, -0.25) is 4.79 Å². The van der Waals surface area contributed by atoms with Gasteiger partial charge in [0.1, 0.15) is 5.78 Å². The summed E-state index contributed by atoms with van der Waals surface area (Å²) in [6.45, 7) is 3.85. The van der Waals surface area contributed by atoms with Crippen molar-refractivity contribution in [1.82, 2.24) is 0 Å². The molecule has 2 nitrogen and oxygen atoms in total. The molecule has 0 bridgehead atoms. The van der Waals surface area contributed by atoms with E-state index >= 15 is 0 Å². The Morgan fingerprint density at radius 3 is 2.47 bits per heavy atom. The molecule has 1 aromatic rings. The molecule has 2 rings (SSSR count). The van der Waals surface area contributed by atoms with Gasteiger partial charge in [0.25, 0.3) is 0 Å². The topological polar surface area (TPSA) is 20.9 Å². The molecule has 92 valence electrons. The van der Waals surface area contributed by atoms with Crippen molar-refractivity contribution in [3.63, 3.8) is 0 Å². The standard InChI is InChI=1S/C14H18NO.BrH/c1-11-10-13(12(2)16)6-7-14(11)15-8-4-3-5-9-15;/h3-5,8-9,13H,6-7,10H2,1-2H3;1H/q+1;/p-1. The Hall–Kier alpha value is -0.960. The quantitative estimate of drug-likeness (QED) is 0.680. The molecule has 0 amide bonds. The molecule has 0 N–H and O–H groups in total. The molecular weight excluding hydrogens is 278 g/mol. The lowest BCUT2D eigenvalue weighted by molar-refractivity contribution is -0.584. The van der Waals surface area contributed by atoms with Crippen LogP contribution in [0.15, 0.2) is 36.2 Å². The summed E-state index contributed by atoms with van der Waals surface area (Å²) in [5, 5.41) is 0. The minimum absolute atomic E-state index is 0. The Kier molecular flexibility index (Phi) is 5.06. The van der Waals surface area contributed by atoms with Gasteiger partial charge in [0.2, 0.25) is 0 Å². The Bertz CT molecular complexity index is 425. The van der Waals surface area contributed by atoms with Crippen LogP contribution < -0.4 is 21.5 Å². The average Bonchev–Trinajstić information content (AvgIpc) is 2.30. The molecule has 0 saturated carbocycles. The van der Waals surface area contributed by atoms with Crippen molar-refractivity contribution in [2.75, 3.05) is 0 Å². The molecule has 1 atom stereocenters. The third-order valence-corrected chi connectivity index (χ3v) is 3.38. The van der Waals surface area contributed by atoms with E-state index in [9.17, 15) is 4.79 Å². The third-order valence-electron chi connectivity index (χ3n) is 3.38. The zero-order valence-electron chi connectivity index (χ0n) is 10.3. The Morgan fingerprint density at radius 1 is 1.29 bits per heavy atom. The van der Waals surface area contributed by atoms with E-state index in [4.69, 9.17) is 0 Å². The van der Waals surface area contributed by atoms with E-state index in [-0.39, 0.29) is 22.9 Å². The fourth-order valence-corrected chi connectivity index (χ4v) is 2.39. The van der Waals surface area contributed by atoms with E-state index in [2.05, 4.69) is 23.9 Å². The van der Waals surface area contributed by atoms with Crippen LogP contribution in [0, 0.1) is 5.92 Å². The van der Waals surface area contributed by atoms with Crippen molar-refractivity contribution >= 4 is 11.5 Å². The summed E-state index contributed by atoms with van der Waals surface area (Å²) in [5.74, 6) is 0.574. The first-order valence-corrected chi connectivity index (χ1v) is 5.84. The van der Waals surface area contributed by atoms with Gasteiger partial charge in [-0.05, 0) is 32.3 Å². The van der Waals surface area contributed by atoms with Gasteiger partial charge in [-0.15, -0.1) is 0 Å². The van der Waals surface area contributed by atoms with Crippen LogP contribution >= 0.6 is 0 Å². The maximum Gasteiger partial charge on any atom is 0.185 e. The summed E-state index contributed by atoms with van der Waals surface area (Å²) in [7, 11) is 0. The van der Waals surface area contributed by atoms with Crippen LogP contribution in [-0.2, 0) is 4.79 Å². The SMILES string of the molecule is CC(=O)C1CCC([n+]2ccccc2)=C(C)C1.[Br-]. The van der Waals surface area contributed by atoms with Gasteiger partial charge in [-0.25, -0.2) is 0 Å². The Labute approximate surface area is 113 Å². The van der Waals surface area contributed by atoms with Gasteiger partial charge in [0, 0.05) is 24.5 Å². The number of carbonyl (C=O) groups is 1. The lowest BCUT2D eigenvalue weighted by Crippen LogP contribution is -3.00. The van der Waals surface area contributed by atoms with Crippen molar-refractivity contribution < 1.29 is 26.3 Å². The number of allylic oxidation sites excluding steroid dienone is 2. The smallest absolute Gasteiger partial charge is 0.185 e. The highest BCUT2D eigenvalue weighted by Crippen LogP contribution is 2.29. The molecule has 0 spiro atoms. The van der Waals surface area contributed by atoms with E-state index in [1.165, 1.54) is 11.3 Å². The summed E-state index contributed by atoms with van der Waals surface area (Å²) < 4.78 is 2.17. The fraction of sp³-hybridized carbons (Fsp3) is 0.429. The van der Waals surface area contributed by atoms with Crippen molar-refractivity contribution in [3.05, 3.63) is 36.2 Å². The van der Waals surface area contributed by atoms with Gasteiger partial charge >= 0.3 is 0 Å². The molecule has 0 aromatic carbocycles. The van der Waals surface area contributed by atoms with Crippen LogP contribution in [0.5, 0.6) is 0 Å². The zero-order chi connectivity index (χ0) is 11.5. The molecule has 0 radical (unpaired) electrons. The molecule has 17 heavy (non-hydrogen) atoms. The number of halogens is 1. The Balaban J connectivity index is 0.00000144. The number of pyridine rings is 1. The molecule has 1 aliphatic carbocycles. The normalized spacial score (nSPS) is 19.8. The van der Waals surface area contributed by atoms with Crippen LogP contribution in [0.2, 0.25) is 0 Å². The number of Topliss-reactive ketones (excluding diaryl/α,β-unsaturated/α-hetero) is 1. The lowest BCUT2D eigenvalue weighted by atomic mass is 9.85. The summed E-state index contributed by atoms with van der Waals surface area (Å²) in [6, 6.07) is 6.10. The highest BCUT2D eigenvalue weighted by atomic mass is 79.9. The van der Waals surface area contributed by atoms with E-state index < -0.39 is 0 Å². The molecule has 3 heteroatoms. The molecule has 1 heterocycles. The largest absolute Gasteiger partial charge is 1.00 e. The van der Waals surface area contributed by atoms with Crippen LogP contribution in [0.25, 0.3) is 5.70 Å². The number of ketones is 1. The van der Waals surface area contributed by atoms with Gasteiger partial charge in [0.15, 0.2) is 18.1 Å². The lowest BCUT2D eigenvalue weighted by Gasteiger charge is -2.20. The second kappa shape index (κ2) is 6.10. The number of carbonyl (C=O) groups excluding carboxylic acids is 1. The summed E-state index contributed by atoms with van der Waals surface area (Å²) in [6.07, 6.45) is 7.07. The number of hydrogen-bond acceptors (Lipinski definition) is 1. The zero-order valence-corrected chi connectivity index (χ0v) is 11.9. The first-order valence-electron chi connectivity index (χ1n) is 5.84. The molecule has 0 aliphatic heterocycles. The van der Waals surface area contributed by atoms with E-state index in [0.29, 0.717) is 5.78 Å². The predicted octanol–water partition coefficient (Wildman–Crippen LogP) is -0.402. The second-order valence-electron chi connectivity index (χ2n) is 4.56. The summed E-state index contributed by atoms with van der Waals surface area (Å²) in [5.41, 5.74) is 2.71. The maximum atomic E-state index is 11.4.